The first-order valence-corrected chi connectivity index (χ1v) is 9.85. The van der Waals surface area contributed by atoms with E-state index in [-0.39, 0.29) is 23.7 Å². The fraction of sp³-hybridized carbons (Fsp3) is 0.619. The normalized spacial score (nSPS) is 21.2. The molecule has 1 aromatic rings. The molecule has 26 heavy (non-hydrogen) atoms. The number of piperazine rings is 1. The summed E-state index contributed by atoms with van der Waals surface area (Å²) >= 11 is 0. The number of aryl methyl sites for hydroxylation is 1. The molecule has 5 heteroatoms. The Balaban J connectivity index is 1.55. The van der Waals surface area contributed by atoms with Gasteiger partial charge in [-0.2, -0.15) is 0 Å². The van der Waals surface area contributed by atoms with Crippen LogP contribution in [0.3, 0.4) is 0 Å². The highest BCUT2D eigenvalue weighted by molar-refractivity contribution is 5.82. The van der Waals surface area contributed by atoms with Gasteiger partial charge < -0.3 is 14.7 Å². The Hall–Kier alpha value is -2.04. The number of likely N-dealkylation sites (tertiary alicyclic amines) is 1. The van der Waals surface area contributed by atoms with Crippen LogP contribution >= 0.6 is 0 Å². The summed E-state index contributed by atoms with van der Waals surface area (Å²) in [5.74, 6) is 0.376. The molecule has 0 radical (unpaired) electrons. The van der Waals surface area contributed by atoms with Crippen LogP contribution in [0, 0.1) is 18.8 Å². The third kappa shape index (κ3) is 4.19. The van der Waals surface area contributed by atoms with Crippen LogP contribution in [0.5, 0.6) is 0 Å². The number of hydrogen-bond donors (Lipinski definition) is 0. The summed E-state index contributed by atoms with van der Waals surface area (Å²) in [6.45, 7) is 10.6. The average Bonchev–Trinajstić information content (AvgIpc) is 2.67. The van der Waals surface area contributed by atoms with Crippen LogP contribution in [-0.4, -0.2) is 60.9 Å². The van der Waals surface area contributed by atoms with Crippen LogP contribution in [0.15, 0.2) is 24.3 Å². The van der Waals surface area contributed by atoms with E-state index in [1.165, 1.54) is 11.3 Å². The van der Waals surface area contributed by atoms with Gasteiger partial charge in [0, 0.05) is 50.9 Å². The van der Waals surface area contributed by atoms with Crippen molar-refractivity contribution in [1.29, 1.82) is 0 Å². The second kappa shape index (κ2) is 8.11. The first-order valence-electron chi connectivity index (χ1n) is 9.85. The zero-order chi connectivity index (χ0) is 18.7. The van der Waals surface area contributed by atoms with E-state index in [0.717, 1.165) is 45.6 Å². The lowest BCUT2D eigenvalue weighted by molar-refractivity contribution is -0.142. The molecule has 2 saturated heterocycles. The number of rotatable bonds is 3. The first kappa shape index (κ1) is 18.7. The van der Waals surface area contributed by atoms with Crippen molar-refractivity contribution in [2.75, 3.05) is 44.2 Å². The number of carbonyl (C=O) groups is 2. The van der Waals surface area contributed by atoms with Crippen LogP contribution in [0.25, 0.3) is 0 Å². The highest BCUT2D eigenvalue weighted by atomic mass is 16.2. The van der Waals surface area contributed by atoms with E-state index in [0.29, 0.717) is 6.54 Å². The maximum absolute atomic E-state index is 13.0. The number of benzene rings is 1. The lowest BCUT2D eigenvalue weighted by Gasteiger charge is -2.40. The van der Waals surface area contributed by atoms with Gasteiger partial charge in [-0.3, -0.25) is 9.59 Å². The minimum atomic E-state index is -0.0306. The van der Waals surface area contributed by atoms with E-state index in [4.69, 9.17) is 0 Å². The van der Waals surface area contributed by atoms with Gasteiger partial charge in [0.15, 0.2) is 0 Å². The Morgan fingerprint density at radius 1 is 1.04 bits per heavy atom. The van der Waals surface area contributed by atoms with E-state index >= 15 is 0 Å². The summed E-state index contributed by atoms with van der Waals surface area (Å²) in [5.41, 5.74) is 2.50. The van der Waals surface area contributed by atoms with Crippen molar-refractivity contribution < 1.29 is 9.59 Å². The molecule has 0 unspecified atom stereocenters. The Labute approximate surface area is 156 Å². The second-order valence-corrected chi connectivity index (χ2v) is 7.93. The Morgan fingerprint density at radius 2 is 1.77 bits per heavy atom. The molecule has 0 spiro atoms. The van der Waals surface area contributed by atoms with Crippen molar-refractivity contribution >= 4 is 17.5 Å². The number of piperidine rings is 1. The summed E-state index contributed by atoms with van der Waals surface area (Å²) < 4.78 is 0. The number of amides is 2. The molecule has 0 aliphatic carbocycles. The molecule has 1 atom stereocenters. The summed E-state index contributed by atoms with van der Waals surface area (Å²) in [6, 6.07) is 8.54. The van der Waals surface area contributed by atoms with E-state index in [2.05, 4.69) is 36.1 Å². The topological polar surface area (TPSA) is 43.9 Å². The predicted octanol–water partition coefficient (Wildman–Crippen LogP) is 2.54. The molecule has 2 aliphatic heterocycles. The van der Waals surface area contributed by atoms with Crippen LogP contribution < -0.4 is 4.90 Å². The fourth-order valence-corrected chi connectivity index (χ4v) is 4.01. The van der Waals surface area contributed by atoms with Crippen molar-refractivity contribution in [2.45, 2.75) is 33.6 Å². The Morgan fingerprint density at radius 3 is 2.42 bits per heavy atom. The smallest absolute Gasteiger partial charge is 0.227 e. The molecule has 0 aromatic heterocycles. The highest BCUT2D eigenvalue weighted by Crippen LogP contribution is 2.23. The van der Waals surface area contributed by atoms with E-state index in [9.17, 15) is 9.59 Å². The molecular weight excluding hydrogens is 326 g/mol. The molecule has 1 aromatic carbocycles. The first-order chi connectivity index (χ1) is 12.5. The van der Waals surface area contributed by atoms with Gasteiger partial charge in [0.25, 0.3) is 0 Å². The third-order valence-corrected chi connectivity index (χ3v) is 5.53. The van der Waals surface area contributed by atoms with E-state index < -0.39 is 0 Å². The molecule has 142 valence electrons. The Kier molecular flexibility index (Phi) is 5.84. The molecular formula is C21H31N3O2. The van der Waals surface area contributed by atoms with Crippen molar-refractivity contribution in [1.82, 2.24) is 9.80 Å². The number of hydrogen-bond acceptors (Lipinski definition) is 3. The van der Waals surface area contributed by atoms with Crippen molar-refractivity contribution in [3.63, 3.8) is 0 Å². The lowest BCUT2D eigenvalue weighted by atomic mass is 9.95. The van der Waals surface area contributed by atoms with Crippen molar-refractivity contribution in [3.8, 4) is 0 Å². The molecule has 2 heterocycles. The quantitative estimate of drug-likeness (QED) is 0.835. The molecule has 0 N–H and O–H groups in total. The molecule has 3 rings (SSSR count). The van der Waals surface area contributed by atoms with Crippen molar-refractivity contribution in [2.24, 2.45) is 11.8 Å². The van der Waals surface area contributed by atoms with Gasteiger partial charge in [-0.25, -0.2) is 0 Å². The van der Waals surface area contributed by atoms with Gasteiger partial charge in [0.1, 0.15) is 0 Å². The van der Waals surface area contributed by atoms with Gasteiger partial charge >= 0.3 is 0 Å². The Bertz CT molecular complexity index is 650. The van der Waals surface area contributed by atoms with Crippen LogP contribution in [-0.2, 0) is 9.59 Å². The lowest BCUT2D eigenvalue weighted by Crippen LogP contribution is -2.53. The minimum Gasteiger partial charge on any atom is -0.368 e. The van der Waals surface area contributed by atoms with Crippen molar-refractivity contribution in [3.05, 3.63) is 29.8 Å². The molecule has 2 fully saturated rings. The van der Waals surface area contributed by atoms with Gasteiger partial charge in [0.05, 0.1) is 5.92 Å². The largest absolute Gasteiger partial charge is 0.368 e. The number of anilines is 1. The predicted molar refractivity (Wildman–Crippen MR) is 104 cm³/mol. The van der Waals surface area contributed by atoms with Gasteiger partial charge in [-0.05, 0) is 37.5 Å². The molecule has 0 bridgehead atoms. The molecule has 0 saturated carbocycles. The second-order valence-electron chi connectivity index (χ2n) is 7.93. The number of carbonyl (C=O) groups excluding carboxylic acids is 2. The van der Waals surface area contributed by atoms with Crippen LogP contribution in [0.2, 0.25) is 0 Å². The zero-order valence-corrected chi connectivity index (χ0v) is 16.3. The zero-order valence-electron chi connectivity index (χ0n) is 16.3. The molecule has 2 aliphatic rings. The summed E-state index contributed by atoms with van der Waals surface area (Å²) in [5, 5.41) is 0. The maximum Gasteiger partial charge on any atom is 0.227 e. The van der Waals surface area contributed by atoms with E-state index in [1.807, 2.05) is 23.6 Å². The summed E-state index contributed by atoms with van der Waals surface area (Å²) in [6.07, 6.45) is 1.83. The average molecular weight is 357 g/mol. The van der Waals surface area contributed by atoms with Crippen LogP contribution in [0.1, 0.15) is 32.3 Å². The standard InChI is InChI=1S/C21H31N3O2/c1-16(2)20(25)24-9-5-7-18(15-24)21(26)23-12-10-22(11-13-23)19-8-4-6-17(3)14-19/h4,6,8,14,16,18H,5,7,9-13,15H2,1-3H3/t18-/m1/s1. The molecule has 5 nitrogen and oxygen atoms in total. The fourth-order valence-electron chi connectivity index (χ4n) is 4.01. The van der Waals surface area contributed by atoms with Gasteiger partial charge in [-0.1, -0.05) is 26.0 Å². The minimum absolute atomic E-state index is 0.00160. The highest BCUT2D eigenvalue weighted by Gasteiger charge is 2.33. The number of nitrogens with zero attached hydrogens (tertiary/aromatic N) is 3. The monoisotopic (exact) mass is 357 g/mol. The van der Waals surface area contributed by atoms with Gasteiger partial charge in [-0.15, -0.1) is 0 Å². The molecule has 2 amide bonds. The summed E-state index contributed by atoms with van der Waals surface area (Å²) in [4.78, 5) is 31.5. The summed E-state index contributed by atoms with van der Waals surface area (Å²) in [7, 11) is 0. The third-order valence-electron chi connectivity index (χ3n) is 5.53. The van der Waals surface area contributed by atoms with Crippen LogP contribution in [0.4, 0.5) is 5.69 Å². The van der Waals surface area contributed by atoms with Gasteiger partial charge in [0.2, 0.25) is 11.8 Å². The maximum atomic E-state index is 13.0. The SMILES string of the molecule is Cc1cccc(N2CCN(C(=O)[C@@H]3CCCN(C(=O)C(C)C)C3)CC2)c1. The van der Waals surface area contributed by atoms with E-state index in [1.54, 1.807) is 0 Å².